The molecule has 0 unspecified atom stereocenters. The number of aromatic amines is 1. The zero-order chi connectivity index (χ0) is 13.1. The predicted octanol–water partition coefficient (Wildman–Crippen LogP) is 3.79. The molecular formula is C15H18ClN3. The van der Waals surface area contributed by atoms with Crippen molar-refractivity contribution in [2.24, 2.45) is 0 Å². The van der Waals surface area contributed by atoms with Gasteiger partial charge in [-0.15, -0.1) is 11.6 Å². The Kier molecular flexibility index (Phi) is 3.56. The molecule has 0 spiro atoms. The molecule has 0 bridgehead atoms. The molecule has 4 heteroatoms. The molecule has 1 aromatic carbocycles. The van der Waals surface area contributed by atoms with Crippen molar-refractivity contribution in [2.75, 3.05) is 0 Å². The monoisotopic (exact) mass is 275 g/mol. The zero-order valence-corrected chi connectivity index (χ0v) is 11.7. The van der Waals surface area contributed by atoms with Gasteiger partial charge in [-0.25, -0.2) is 4.98 Å². The number of nitrogens with zero attached hydrogens (tertiary/aromatic N) is 2. The van der Waals surface area contributed by atoms with Crippen molar-refractivity contribution in [1.29, 1.82) is 0 Å². The highest BCUT2D eigenvalue weighted by Gasteiger charge is 2.39. The van der Waals surface area contributed by atoms with E-state index in [9.17, 15) is 0 Å². The number of H-pyrrole nitrogens is 1. The molecule has 1 fully saturated rings. The topological polar surface area (TPSA) is 41.6 Å². The first-order valence-corrected chi connectivity index (χ1v) is 7.42. The largest absolute Gasteiger partial charge is 0.262 e. The summed E-state index contributed by atoms with van der Waals surface area (Å²) in [7, 11) is 0. The van der Waals surface area contributed by atoms with Gasteiger partial charge >= 0.3 is 0 Å². The van der Waals surface area contributed by atoms with Crippen molar-refractivity contribution in [1.82, 2.24) is 15.2 Å². The van der Waals surface area contributed by atoms with E-state index in [-0.39, 0.29) is 5.41 Å². The van der Waals surface area contributed by atoms with Crippen LogP contribution in [0.1, 0.15) is 49.3 Å². The molecule has 19 heavy (non-hydrogen) atoms. The highest BCUT2D eigenvalue weighted by molar-refractivity contribution is 6.16. The van der Waals surface area contributed by atoms with Gasteiger partial charge in [0, 0.05) is 0 Å². The van der Waals surface area contributed by atoms with E-state index in [2.05, 4.69) is 45.5 Å². The van der Waals surface area contributed by atoms with Crippen LogP contribution < -0.4 is 0 Å². The summed E-state index contributed by atoms with van der Waals surface area (Å²) < 4.78 is 0. The van der Waals surface area contributed by atoms with E-state index in [1.165, 1.54) is 24.8 Å². The zero-order valence-electron chi connectivity index (χ0n) is 10.9. The first kappa shape index (κ1) is 12.7. The van der Waals surface area contributed by atoms with E-state index >= 15 is 0 Å². The van der Waals surface area contributed by atoms with Gasteiger partial charge in [0.2, 0.25) is 0 Å². The molecule has 0 aliphatic heterocycles. The molecule has 1 aliphatic carbocycles. The number of nitrogens with one attached hydrogen (secondary N) is 1. The molecule has 3 rings (SSSR count). The Hall–Kier alpha value is -1.35. The average molecular weight is 276 g/mol. The fourth-order valence-corrected chi connectivity index (χ4v) is 3.24. The van der Waals surface area contributed by atoms with Crippen molar-refractivity contribution < 1.29 is 0 Å². The lowest BCUT2D eigenvalue weighted by Crippen LogP contribution is -2.31. The Morgan fingerprint density at radius 3 is 2.47 bits per heavy atom. The lowest BCUT2D eigenvalue weighted by Gasteiger charge is -2.35. The van der Waals surface area contributed by atoms with Crippen LogP contribution in [0.2, 0.25) is 0 Å². The Morgan fingerprint density at radius 1 is 1.11 bits per heavy atom. The summed E-state index contributed by atoms with van der Waals surface area (Å²) in [5.41, 5.74) is 1.30. The quantitative estimate of drug-likeness (QED) is 0.866. The van der Waals surface area contributed by atoms with E-state index < -0.39 is 0 Å². The number of halogens is 1. The molecule has 0 radical (unpaired) electrons. The summed E-state index contributed by atoms with van der Waals surface area (Å²) in [6, 6.07) is 10.6. The van der Waals surface area contributed by atoms with Crippen molar-refractivity contribution in [3.63, 3.8) is 0 Å². The molecule has 100 valence electrons. The third-order valence-corrected chi connectivity index (χ3v) is 4.37. The van der Waals surface area contributed by atoms with Gasteiger partial charge in [0.1, 0.15) is 5.82 Å². The van der Waals surface area contributed by atoms with Crippen LogP contribution in [0.25, 0.3) is 0 Å². The first-order valence-electron chi connectivity index (χ1n) is 6.88. The minimum atomic E-state index is -0.0275. The molecule has 1 N–H and O–H groups in total. The van der Waals surface area contributed by atoms with Crippen LogP contribution in [0.4, 0.5) is 0 Å². The van der Waals surface area contributed by atoms with Gasteiger partial charge < -0.3 is 0 Å². The Labute approximate surface area is 118 Å². The van der Waals surface area contributed by atoms with E-state index in [1.54, 1.807) is 0 Å². The predicted molar refractivity (Wildman–Crippen MR) is 76.2 cm³/mol. The fourth-order valence-electron chi connectivity index (χ4n) is 3.12. The maximum Gasteiger partial charge on any atom is 0.161 e. The second-order valence-electron chi connectivity index (χ2n) is 5.25. The molecule has 3 nitrogen and oxygen atoms in total. The smallest absolute Gasteiger partial charge is 0.161 e. The number of aromatic nitrogens is 3. The molecule has 0 saturated heterocycles. The van der Waals surface area contributed by atoms with Gasteiger partial charge in [0.05, 0.1) is 11.3 Å². The first-order chi connectivity index (χ1) is 9.35. The van der Waals surface area contributed by atoms with Gasteiger partial charge in [-0.1, -0.05) is 49.6 Å². The number of alkyl halides is 1. The minimum Gasteiger partial charge on any atom is -0.262 e. The van der Waals surface area contributed by atoms with Crippen LogP contribution in [0.15, 0.2) is 30.3 Å². The maximum atomic E-state index is 5.84. The minimum absolute atomic E-state index is 0.0275. The fraction of sp³-hybridized carbons (Fsp3) is 0.467. The summed E-state index contributed by atoms with van der Waals surface area (Å²) in [6.45, 7) is 0. The van der Waals surface area contributed by atoms with Gasteiger partial charge in [0.25, 0.3) is 0 Å². The maximum absolute atomic E-state index is 5.84. The molecule has 1 aliphatic rings. The van der Waals surface area contributed by atoms with Gasteiger partial charge in [0.15, 0.2) is 5.82 Å². The summed E-state index contributed by atoms with van der Waals surface area (Å²) >= 11 is 5.84. The van der Waals surface area contributed by atoms with E-state index in [0.717, 1.165) is 24.5 Å². The van der Waals surface area contributed by atoms with Crippen LogP contribution in [-0.4, -0.2) is 15.2 Å². The second-order valence-corrected chi connectivity index (χ2v) is 5.52. The third-order valence-electron chi connectivity index (χ3n) is 4.12. The van der Waals surface area contributed by atoms with Gasteiger partial charge in [-0.05, 0) is 18.4 Å². The van der Waals surface area contributed by atoms with Crippen LogP contribution in [0.5, 0.6) is 0 Å². The molecule has 2 aromatic rings. The lowest BCUT2D eigenvalue weighted by molar-refractivity contribution is 0.331. The lowest BCUT2D eigenvalue weighted by atomic mass is 9.69. The van der Waals surface area contributed by atoms with Crippen molar-refractivity contribution >= 4 is 11.6 Å². The van der Waals surface area contributed by atoms with Crippen LogP contribution in [0.3, 0.4) is 0 Å². The average Bonchev–Trinajstić information content (AvgIpc) is 2.98. The SMILES string of the molecule is ClCc1nc(C2(c3ccccc3)CCCCC2)n[nH]1. The highest BCUT2D eigenvalue weighted by atomic mass is 35.5. The van der Waals surface area contributed by atoms with Crippen molar-refractivity contribution in [2.45, 2.75) is 43.4 Å². The van der Waals surface area contributed by atoms with Crippen LogP contribution in [0, 0.1) is 0 Å². The summed E-state index contributed by atoms with van der Waals surface area (Å²) in [5, 5.41) is 7.39. The standard InChI is InChI=1S/C15H18ClN3/c16-11-13-17-14(19-18-13)15(9-5-2-6-10-15)12-7-3-1-4-8-12/h1,3-4,7-8H,2,5-6,9-11H2,(H,17,18,19). The summed E-state index contributed by atoms with van der Waals surface area (Å²) in [6.07, 6.45) is 6.02. The number of hydrogen-bond donors (Lipinski definition) is 1. The van der Waals surface area contributed by atoms with E-state index in [4.69, 9.17) is 11.6 Å². The molecular weight excluding hydrogens is 258 g/mol. The van der Waals surface area contributed by atoms with Crippen molar-refractivity contribution in [3.05, 3.63) is 47.5 Å². The molecule has 0 amide bonds. The third kappa shape index (κ3) is 2.27. The Balaban J connectivity index is 2.06. The van der Waals surface area contributed by atoms with Crippen LogP contribution >= 0.6 is 11.6 Å². The Bertz CT molecular complexity index is 529. The van der Waals surface area contributed by atoms with E-state index in [0.29, 0.717) is 5.88 Å². The summed E-state index contributed by atoms with van der Waals surface area (Å²) in [5.74, 6) is 2.06. The Morgan fingerprint density at radius 2 is 1.84 bits per heavy atom. The molecule has 0 atom stereocenters. The normalized spacial score (nSPS) is 18.4. The molecule has 1 aromatic heterocycles. The second kappa shape index (κ2) is 5.33. The van der Waals surface area contributed by atoms with Crippen LogP contribution in [-0.2, 0) is 11.3 Å². The molecule has 1 saturated carbocycles. The number of benzene rings is 1. The van der Waals surface area contributed by atoms with E-state index in [1.807, 2.05) is 0 Å². The van der Waals surface area contributed by atoms with Crippen molar-refractivity contribution in [3.8, 4) is 0 Å². The van der Waals surface area contributed by atoms with Gasteiger partial charge in [-0.2, -0.15) is 5.10 Å². The number of rotatable bonds is 3. The molecule has 1 heterocycles. The van der Waals surface area contributed by atoms with Gasteiger partial charge in [-0.3, -0.25) is 5.10 Å². The number of hydrogen-bond acceptors (Lipinski definition) is 2. The summed E-state index contributed by atoms with van der Waals surface area (Å²) in [4.78, 5) is 4.60. The highest BCUT2D eigenvalue weighted by Crippen LogP contribution is 2.43.